The number of anilines is 1. The Labute approximate surface area is 115 Å². The summed E-state index contributed by atoms with van der Waals surface area (Å²) in [4.78, 5) is 4.19. The van der Waals surface area contributed by atoms with E-state index in [0.717, 1.165) is 30.9 Å². The quantitative estimate of drug-likeness (QED) is 0.905. The van der Waals surface area contributed by atoms with Gasteiger partial charge < -0.3 is 9.88 Å². The SMILES string of the molecule is CCCn1ccnc1CNc1c(F)cc(F)cc1Cl. The molecule has 0 saturated heterocycles. The second-order valence-corrected chi connectivity index (χ2v) is 4.54. The zero-order valence-corrected chi connectivity index (χ0v) is 11.2. The second kappa shape index (κ2) is 6.02. The van der Waals surface area contributed by atoms with Crippen molar-refractivity contribution in [2.24, 2.45) is 0 Å². The molecule has 0 radical (unpaired) electrons. The van der Waals surface area contributed by atoms with E-state index in [4.69, 9.17) is 11.6 Å². The fraction of sp³-hybridized carbons (Fsp3) is 0.308. The first-order chi connectivity index (χ1) is 9.11. The minimum absolute atomic E-state index is 0.0195. The van der Waals surface area contributed by atoms with Crippen LogP contribution in [-0.2, 0) is 13.1 Å². The zero-order valence-electron chi connectivity index (χ0n) is 10.5. The number of hydrogen-bond acceptors (Lipinski definition) is 2. The largest absolute Gasteiger partial charge is 0.374 e. The Kier molecular flexibility index (Phi) is 4.37. The summed E-state index contributed by atoms with van der Waals surface area (Å²) < 4.78 is 28.5. The third-order valence-corrected chi connectivity index (χ3v) is 2.99. The number of nitrogens with one attached hydrogen (secondary N) is 1. The molecular formula is C13H14ClF2N3. The first-order valence-corrected chi connectivity index (χ1v) is 6.38. The van der Waals surface area contributed by atoms with Gasteiger partial charge in [0.25, 0.3) is 0 Å². The number of halogens is 3. The van der Waals surface area contributed by atoms with E-state index in [1.165, 1.54) is 0 Å². The molecule has 102 valence electrons. The van der Waals surface area contributed by atoms with Crippen LogP contribution in [0.1, 0.15) is 19.2 Å². The van der Waals surface area contributed by atoms with Crippen LogP contribution >= 0.6 is 11.6 Å². The molecule has 0 bridgehead atoms. The van der Waals surface area contributed by atoms with Crippen LogP contribution in [-0.4, -0.2) is 9.55 Å². The molecule has 2 rings (SSSR count). The van der Waals surface area contributed by atoms with E-state index in [1.54, 1.807) is 6.20 Å². The molecule has 0 aliphatic carbocycles. The molecule has 0 atom stereocenters. The molecule has 0 fully saturated rings. The van der Waals surface area contributed by atoms with Gasteiger partial charge in [-0.05, 0) is 12.5 Å². The Morgan fingerprint density at radius 3 is 2.84 bits per heavy atom. The van der Waals surface area contributed by atoms with Crippen molar-refractivity contribution < 1.29 is 8.78 Å². The van der Waals surface area contributed by atoms with Crippen LogP contribution in [0.15, 0.2) is 24.5 Å². The number of imidazole rings is 1. The summed E-state index contributed by atoms with van der Waals surface area (Å²) in [6.45, 7) is 3.24. The maximum Gasteiger partial charge on any atom is 0.150 e. The van der Waals surface area contributed by atoms with E-state index in [2.05, 4.69) is 17.2 Å². The smallest absolute Gasteiger partial charge is 0.150 e. The van der Waals surface area contributed by atoms with E-state index in [1.807, 2.05) is 10.8 Å². The second-order valence-electron chi connectivity index (χ2n) is 4.13. The highest BCUT2D eigenvalue weighted by atomic mass is 35.5. The molecule has 1 heterocycles. The highest BCUT2D eigenvalue weighted by Gasteiger charge is 2.10. The van der Waals surface area contributed by atoms with Crippen LogP contribution in [0.4, 0.5) is 14.5 Å². The van der Waals surface area contributed by atoms with Crippen molar-refractivity contribution in [3.05, 3.63) is 47.0 Å². The van der Waals surface area contributed by atoms with Gasteiger partial charge in [-0.2, -0.15) is 0 Å². The van der Waals surface area contributed by atoms with Crippen LogP contribution < -0.4 is 5.32 Å². The summed E-state index contributed by atoms with van der Waals surface area (Å²) in [5.41, 5.74) is 0.0918. The van der Waals surface area contributed by atoms with Gasteiger partial charge in [0, 0.05) is 25.0 Å². The van der Waals surface area contributed by atoms with Gasteiger partial charge in [0.1, 0.15) is 11.6 Å². The molecule has 0 aliphatic heterocycles. The number of nitrogens with zero attached hydrogens (tertiary/aromatic N) is 2. The summed E-state index contributed by atoms with van der Waals surface area (Å²) in [6, 6.07) is 1.87. The number of aromatic nitrogens is 2. The summed E-state index contributed by atoms with van der Waals surface area (Å²) in [5, 5.41) is 2.87. The van der Waals surface area contributed by atoms with Crippen molar-refractivity contribution >= 4 is 17.3 Å². The molecule has 0 aliphatic rings. The van der Waals surface area contributed by atoms with Gasteiger partial charge in [0.2, 0.25) is 0 Å². The Morgan fingerprint density at radius 1 is 1.37 bits per heavy atom. The maximum absolute atomic E-state index is 13.6. The van der Waals surface area contributed by atoms with Crippen molar-refractivity contribution in [3.63, 3.8) is 0 Å². The van der Waals surface area contributed by atoms with Gasteiger partial charge in [-0.15, -0.1) is 0 Å². The lowest BCUT2D eigenvalue weighted by Gasteiger charge is -2.11. The third kappa shape index (κ3) is 3.23. The number of benzene rings is 1. The predicted molar refractivity (Wildman–Crippen MR) is 71.2 cm³/mol. The van der Waals surface area contributed by atoms with Gasteiger partial charge in [0.15, 0.2) is 5.82 Å². The Balaban J connectivity index is 2.12. The fourth-order valence-corrected chi connectivity index (χ4v) is 2.09. The third-order valence-electron chi connectivity index (χ3n) is 2.70. The van der Waals surface area contributed by atoms with E-state index < -0.39 is 11.6 Å². The standard InChI is InChI=1S/C13H14ClF2N3/c1-2-4-19-5-3-17-12(19)8-18-13-10(14)6-9(15)7-11(13)16/h3,5-7,18H,2,4,8H2,1H3. The summed E-state index contributed by atoms with van der Waals surface area (Å²) in [6.07, 6.45) is 4.54. The minimum Gasteiger partial charge on any atom is -0.374 e. The summed E-state index contributed by atoms with van der Waals surface area (Å²) in [7, 11) is 0. The average Bonchev–Trinajstić information content (AvgIpc) is 2.76. The molecule has 0 amide bonds. The summed E-state index contributed by atoms with van der Waals surface area (Å²) in [5.74, 6) is -0.624. The molecule has 0 unspecified atom stereocenters. The van der Waals surface area contributed by atoms with Crippen LogP contribution in [0.25, 0.3) is 0 Å². The summed E-state index contributed by atoms with van der Waals surface area (Å²) >= 11 is 5.81. The molecular weight excluding hydrogens is 272 g/mol. The van der Waals surface area contributed by atoms with Gasteiger partial charge >= 0.3 is 0 Å². The van der Waals surface area contributed by atoms with Gasteiger partial charge in [-0.3, -0.25) is 0 Å². The maximum atomic E-state index is 13.6. The van der Waals surface area contributed by atoms with Crippen molar-refractivity contribution in [1.29, 1.82) is 0 Å². The monoisotopic (exact) mass is 285 g/mol. The van der Waals surface area contributed by atoms with Crippen molar-refractivity contribution in [2.75, 3.05) is 5.32 Å². The van der Waals surface area contributed by atoms with Crippen molar-refractivity contribution in [2.45, 2.75) is 26.4 Å². The zero-order chi connectivity index (χ0) is 13.8. The normalized spacial score (nSPS) is 10.7. The van der Waals surface area contributed by atoms with Crippen LogP contribution in [0.5, 0.6) is 0 Å². The average molecular weight is 286 g/mol. The first kappa shape index (κ1) is 13.8. The predicted octanol–water partition coefficient (Wildman–Crippen LogP) is 3.84. The highest BCUT2D eigenvalue weighted by Crippen LogP contribution is 2.26. The van der Waals surface area contributed by atoms with Gasteiger partial charge in [0.05, 0.1) is 17.3 Å². The lowest BCUT2D eigenvalue weighted by Crippen LogP contribution is -2.09. The van der Waals surface area contributed by atoms with E-state index in [-0.39, 0.29) is 10.7 Å². The van der Waals surface area contributed by atoms with Gasteiger partial charge in [-0.1, -0.05) is 18.5 Å². The molecule has 1 aromatic carbocycles. The Morgan fingerprint density at radius 2 is 2.16 bits per heavy atom. The lowest BCUT2D eigenvalue weighted by atomic mass is 10.3. The number of rotatable bonds is 5. The molecule has 3 nitrogen and oxygen atoms in total. The van der Waals surface area contributed by atoms with Gasteiger partial charge in [-0.25, -0.2) is 13.8 Å². The fourth-order valence-electron chi connectivity index (χ4n) is 1.83. The molecule has 1 N–H and O–H groups in total. The molecule has 0 spiro atoms. The molecule has 6 heteroatoms. The van der Waals surface area contributed by atoms with E-state index in [9.17, 15) is 8.78 Å². The highest BCUT2D eigenvalue weighted by molar-refractivity contribution is 6.33. The first-order valence-electron chi connectivity index (χ1n) is 6.00. The number of aryl methyl sites for hydroxylation is 1. The Bertz CT molecular complexity index is 546. The Hall–Kier alpha value is -1.62. The van der Waals surface area contributed by atoms with E-state index >= 15 is 0 Å². The molecule has 0 saturated carbocycles. The van der Waals surface area contributed by atoms with Crippen LogP contribution in [0.2, 0.25) is 5.02 Å². The molecule has 2 aromatic rings. The lowest BCUT2D eigenvalue weighted by molar-refractivity contribution is 0.584. The van der Waals surface area contributed by atoms with Crippen molar-refractivity contribution in [3.8, 4) is 0 Å². The van der Waals surface area contributed by atoms with Crippen LogP contribution in [0, 0.1) is 11.6 Å². The van der Waals surface area contributed by atoms with Crippen LogP contribution in [0.3, 0.4) is 0 Å². The van der Waals surface area contributed by atoms with Crippen molar-refractivity contribution in [1.82, 2.24) is 9.55 Å². The topological polar surface area (TPSA) is 29.9 Å². The van der Waals surface area contributed by atoms with E-state index in [0.29, 0.717) is 6.54 Å². The molecule has 19 heavy (non-hydrogen) atoms. The molecule has 1 aromatic heterocycles. The minimum atomic E-state index is -0.710. The number of hydrogen-bond donors (Lipinski definition) is 1.